The lowest BCUT2D eigenvalue weighted by molar-refractivity contribution is -0.142. The summed E-state index contributed by atoms with van der Waals surface area (Å²) in [5, 5.41) is 13.3. The van der Waals surface area contributed by atoms with Crippen LogP contribution >= 0.6 is 11.3 Å². The number of aliphatic carboxylic acids is 1. The largest absolute Gasteiger partial charge is 0.481 e. The molecule has 0 atom stereocenters. The number of aromatic nitrogens is 3. The van der Waals surface area contributed by atoms with Crippen molar-refractivity contribution in [2.75, 3.05) is 11.9 Å². The van der Waals surface area contributed by atoms with E-state index in [4.69, 9.17) is 4.98 Å². The lowest BCUT2D eigenvalue weighted by Gasteiger charge is -2.09. The van der Waals surface area contributed by atoms with Gasteiger partial charge in [0.1, 0.15) is 12.1 Å². The molecule has 0 spiro atoms. The first-order valence-corrected chi connectivity index (χ1v) is 11.0. The zero-order chi connectivity index (χ0) is 22.1. The molecule has 2 aromatic heterocycles. The van der Waals surface area contributed by atoms with Crippen LogP contribution in [0.3, 0.4) is 0 Å². The van der Waals surface area contributed by atoms with Gasteiger partial charge in [0, 0.05) is 30.1 Å². The van der Waals surface area contributed by atoms with Crippen molar-refractivity contribution >= 4 is 22.4 Å². The molecule has 2 aromatic carbocycles. The first-order valence-electron chi connectivity index (χ1n) is 10.1. The zero-order valence-corrected chi connectivity index (χ0v) is 17.8. The number of nitrogens with one attached hydrogen (secondary N) is 1. The maximum Gasteiger partial charge on any atom is 0.311 e. The molecule has 5 rings (SSSR count). The molecule has 0 unspecified atom stereocenters. The number of nitrogens with zero attached hydrogens (tertiary/aromatic N) is 3. The van der Waals surface area contributed by atoms with Crippen LogP contribution in [0.2, 0.25) is 0 Å². The number of anilines is 1. The third-order valence-corrected chi connectivity index (χ3v) is 6.73. The van der Waals surface area contributed by atoms with Crippen molar-refractivity contribution in [1.29, 1.82) is 0 Å². The summed E-state index contributed by atoms with van der Waals surface area (Å²) < 4.78 is 13.2. The number of benzene rings is 2. The van der Waals surface area contributed by atoms with Crippen LogP contribution in [0.25, 0.3) is 32.8 Å². The summed E-state index contributed by atoms with van der Waals surface area (Å²) in [5.74, 6) is -1.03. The van der Waals surface area contributed by atoms with Crippen LogP contribution in [0, 0.1) is 11.2 Å². The Kier molecular flexibility index (Phi) is 5.14. The third-order valence-electron chi connectivity index (χ3n) is 5.67. The number of thiazole rings is 1. The van der Waals surface area contributed by atoms with Crippen molar-refractivity contribution in [3.05, 3.63) is 73.1 Å². The van der Waals surface area contributed by atoms with Gasteiger partial charge >= 0.3 is 5.97 Å². The average molecular weight is 447 g/mol. The minimum Gasteiger partial charge on any atom is -0.481 e. The molecule has 1 fully saturated rings. The van der Waals surface area contributed by atoms with Crippen LogP contribution in [0.4, 0.5) is 9.52 Å². The van der Waals surface area contributed by atoms with Gasteiger partial charge in [0.2, 0.25) is 0 Å². The smallest absolute Gasteiger partial charge is 0.311 e. The summed E-state index contributed by atoms with van der Waals surface area (Å²) in [6.45, 7) is 0.351. The highest BCUT2D eigenvalue weighted by molar-refractivity contribution is 7.19. The fraction of sp³-hybridized carbons (Fsp3) is 0.167. The molecule has 1 aliphatic rings. The maximum absolute atomic E-state index is 13.2. The highest BCUT2D eigenvalue weighted by Gasteiger charge is 2.50. The molecule has 1 saturated carbocycles. The van der Waals surface area contributed by atoms with E-state index in [-0.39, 0.29) is 5.82 Å². The standard InChI is InChI=1S/C24H19FN4O2S/c25-19-7-5-16(6-8-19)15-1-3-17(4-2-15)20-21(18-11-26-14-27-12-18)32-23(29-20)28-13-24(9-10-24)22(30)31/h1-8,11-12,14H,9-10,13H2,(H,28,29)(H,30,31). The molecule has 0 saturated heterocycles. The lowest BCUT2D eigenvalue weighted by atomic mass is 10.0. The van der Waals surface area contributed by atoms with E-state index in [0.717, 1.165) is 32.8 Å². The minimum absolute atomic E-state index is 0.265. The topological polar surface area (TPSA) is 88.0 Å². The summed E-state index contributed by atoms with van der Waals surface area (Å²) >= 11 is 1.45. The molecule has 0 bridgehead atoms. The number of rotatable bonds is 7. The number of hydrogen-bond donors (Lipinski definition) is 2. The van der Waals surface area contributed by atoms with Gasteiger partial charge in [-0.2, -0.15) is 0 Å². The number of carboxylic acids is 1. The average Bonchev–Trinajstić information content (AvgIpc) is 3.51. The fourth-order valence-electron chi connectivity index (χ4n) is 3.53. The van der Waals surface area contributed by atoms with Gasteiger partial charge in [-0.3, -0.25) is 4.79 Å². The first kappa shape index (κ1) is 20.3. The van der Waals surface area contributed by atoms with Crippen molar-refractivity contribution in [1.82, 2.24) is 15.0 Å². The number of halogens is 1. The Bertz CT molecular complexity index is 1250. The van der Waals surface area contributed by atoms with E-state index < -0.39 is 11.4 Å². The van der Waals surface area contributed by atoms with Crippen molar-refractivity contribution in [3.8, 4) is 32.8 Å². The number of hydrogen-bond acceptors (Lipinski definition) is 6. The molecule has 4 aromatic rings. The summed E-state index contributed by atoms with van der Waals surface area (Å²) in [5.41, 5.74) is 3.76. The molecular formula is C24H19FN4O2S. The molecule has 0 amide bonds. The van der Waals surface area contributed by atoms with E-state index in [0.29, 0.717) is 24.5 Å². The zero-order valence-electron chi connectivity index (χ0n) is 17.0. The Balaban J connectivity index is 1.47. The molecule has 2 heterocycles. The highest BCUT2D eigenvalue weighted by Crippen LogP contribution is 2.46. The van der Waals surface area contributed by atoms with Gasteiger partial charge in [0.25, 0.3) is 0 Å². The lowest BCUT2D eigenvalue weighted by Crippen LogP contribution is -2.24. The Morgan fingerprint density at radius 3 is 2.16 bits per heavy atom. The Morgan fingerprint density at radius 2 is 1.56 bits per heavy atom. The fourth-order valence-corrected chi connectivity index (χ4v) is 4.49. The molecule has 0 aliphatic heterocycles. The van der Waals surface area contributed by atoms with Crippen LogP contribution in [0.5, 0.6) is 0 Å². The van der Waals surface area contributed by atoms with E-state index in [2.05, 4.69) is 15.3 Å². The Labute approximate surface area is 187 Å². The van der Waals surface area contributed by atoms with Crippen molar-refractivity contribution in [3.63, 3.8) is 0 Å². The second-order valence-electron chi connectivity index (χ2n) is 7.85. The predicted octanol–water partition coefficient (Wildman–Crippen LogP) is 5.35. The first-order chi connectivity index (χ1) is 15.5. The van der Waals surface area contributed by atoms with E-state index >= 15 is 0 Å². The van der Waals surface area contributed by atoms with Crippen LogP contribution in [0.15, 0.2) is 67.3 Å². The monoisotopic (exact) mass is 446 g/mol. The normalized spacial score (nSPS) is 14.2. The van der Waals surface area contributed by atoms with E-state index in [1.54, 1.807) is 24.5 Å². The van der Waals surface area contributed by atoms with E-state index in [1.165, 1.54) is 29.8 Å². The van der Waals surface area contributed by atoms with Crippen molar-refractivity contribution < 1.29 is 14.3 Å². The van der Waals surface area contributed by atoms with Gasteiger partial charge in [0.05, 0.1) is 16.0 Å². The molecular weight excluding hydrogens is 427 g/mol. The Hall–Kier alpha value is -3.65. The molecule has 32 heavy (non-hydrogen) atoms. The van der Waals surface area contributed by atoms with Gasteiger partial charge in [-0.25, -0.2) is 19.3 Å². The van der Waals surface area contributed by atoms with Crippen LogP contribution in [-0.2, 0) is 4.79 Å². The number of carboxylic acid groups (broad SMARTS) is 1. The van der Waals surface area contributed by atoms with Gasteiger partial charge in [-0.05, 0) is 36.1 Å². The van der Waals surface area contributed by atoms with Gasteiger partial charge in [-0.15, -0.1) is 0 Å². The summed E-state index contributed by atoms with van der Waals surface area (Å²) in [7, 11) is 0. The molecule has 0 radical (unpaired) electrons. The van der Waals surface area contributed by atoms with Gasteiger partial charge < -0.3 is 10.4 Å². The summed E-state index contributed by atoms with van der Waals surface area (Å²) in [6.07, 6.45) is 6.31. The Morgan fingerprint density at radius 1 is 0.969 bits per heavy atom. The molecule has 1 aliphatic carbocycles. The van der Waals surface area contributed by atoms with Crippen LogP contribution < -0.4 is 5.32 Å². The molecule has 6 nitrogen and oxygen atoms in total. The molecule has 8 heteroatoms. The minimum atomic E-state index is -0.769. The van der Waals surface area contributed by atoms with E-state index in [9.17, 15) is 14.3 Å². The van der Waals surface area contributed by atoms with Crippen molar-refractivity contribution in [2.24, 2.45) is 5.41 Å². The third kappa shape index (κ3) is 3.97. The van der Waals surface area contributed by atoms with Gasteiger partial charge in [-0.1, -0.05) is 47.7 Å². The van der Waals surface area contributed by atoms with Crippen LogP contribution in [0.1, 0.15) is 12.8 Å². The van der Waals surface area contributed by atoms with E-state index in [1.807, 2.05) is 24.3 Å². The van der Waals surface area contributed by atoms with Gasteiger partial charge in [0.15, 0.2) is 5.13 Å². The highest BCUT2D eigenvalue weighted by atomic mass is 32.1. The summed E-state index contributed by atoms with van der Waals surface area (Å²) in [6, 6.07) is 14.3. The second-order valence-corrected chi connectivity index (χ2v) is 8.85. The van der Waals surface area contributed by atoms with Crippen molar-refractivity contribution in [2.45, 2.75) is 12.8 Å². The van der Waals surface area contributed by atoms with Crippen LogP contribution in [-0.4, -0.2) is 32.6 Å². The molecule has 2 N–H and O–H groups in total. The molecule has 160 valence electrons. The summed E-state index contributed by atoms with van der Waals surface area (Å²) in [4.78, 5) is 25.4. The predicted molar refractivity (Wildman–Crippen MR) is 122 cm³/mol. The SMILES string of the molecule is O=C(O)C1(CNc2nc(-c3ccc(-c4ccc(F)cc4)cc3)c(-c3cncnc3)s2)CC1. The number of carbonyl (C=O) groups is 1. The second kappa shape index (κ2) is 8.12. The maximum atomic E-state index is 13.2. The quantitative estimate of drug-likeness (QED) is 0.398.